The van der Waals surface area contributed by atoms with E-state index in [4.69, 9.17) is 11.1 Å². The van der Waals surface area contributed by atoms with Crippen molar-refractivity contribution in [3.05, 3.63) is 12.4 Å². The van der Waals surface area contributed by atoms with Crippen LogP contribution in [-0.2, 0) is 0 Å². The molecule has 0 atom stereocenters. The van der Waals surface area contributed by atoms with Gasteiger partial charge in [-0.25, -0.2) is 0 Å². The molecular weight excluding hydrogens is 128 g/mol. The third-order valence-electron chi connectivity index (χ3n) is 0.792. The molecule has 0 unspecified atom stereocenters. The average molecular weight is 135 g/mol. The van der Waals surface area contributed by atoms with Crippen molar-refractivity contribution in [2.75, 3.05) is 0 Å². The molecule has 0 aromatic rings. The second-order valence-corrected chi connectivity index (χ2v) is 6.48. The summed E-state index contributed by atoms with van der Waals surface area (Å²) in [5.41, 5.74) is 0. The first-order valence-corrected chi connectivity index (χ1v) is 5.61. The Hall–Kier alpha value is -0.153. The van der Waals surface area contributed by atoms with Crippen LogP contribution in [0, 0.1) is 0 Å². The SMILES string of the molecule is C[Si]1(Cl)NC=CN1. The summed E-state index contributed by atoms with van der Waals surface area (Å²) in [5.74, 6) is 0. The molecule has 0 spiro atoms. The molecule has 1 aliphatic heterocycles. The second kappa shape index (κ2) is 1.42. The van der Waals surface area contributed by atoms with E-state index < -0.39 is 7.71 Å². The zero-order valence-electron chi connectivity index (χ0n) is 4.03. The van der Waals surface area contributed by atoms with Gasteiger partial charge in [0.2, 0.25) is 0 Å². The van der Waals surface area contributed by atoms with Gasteiger partial charge in [0, 0.05) is 12.4 Å². The lowest BCUT2D eigenvalue weighted by molar-refractivity contribution is 1.27. The highest BCUT2D eigenvalue weighted by Gasteiger charge is 2.24. The fraction of sp³-hybridized carbons (Fsp3) is 0.333. The highest BCUT2D eigenvalue weighted by Crippen LogP contribution is 2.02. The van der Waals surface area contributed by atoms with Gasteiger partial charge in [-0.05, 0) is 6.55 Å². The summed E-state index contributed by atoms with van der Waals surface area (Å²) < 4.78 is 0. The topological polar surface area (TPSA) is 24.1 Å². The Kier molecular flexibility index (Phi) is 1.01. The first-order chi connectivity index (χ1) is 3.21. The lowest BCUT2D eigenvalue weighted by Crippen LogP contribution is -2.46. The van der Waals surface area contributed by atoms with E-state index in [1.165, 1.54) is 0 Å². The van der Waals surface area contributed by atoms with Crippen LogP contribution in [-0.4, -0.2) is 7.71 Å². The van der Waals surface area contributed by atoms with Crippen LogP contribution in [0.3, 0.4) is 0 Å². The van der Waals surface area contributed by atoms with Gasteiger partial charge in [-0.3, -0.25) is 0 Å². The van der Waals surface area contributed by atoms with E-state index in [1.807, 2.05) is 18.9 Å². The maximum absolute atomic E-state index is 5.82. The Morgan fingerprint density at radius 2 is 1.86 bits per heavy atom. The number of hydrogen-bond donors (Lipinski definition) is 2. The van der Waals surface area contributed by atoms with Crippen molar-refractivity contribution in [2.45, 2.75) is 6.55 Å². The lowest BCUT2D eigenvalue weighted by atomic mass is 11.0. The molecule has 0 saturated heterocycles. The summed E-state index contributed by atoms with van der Waals surface area (Å²) in [7, 11) is -1.68. The summed E-state index contributed by atoms with van der Waals surface area (Å²) in [5, 5.41) is 0. The van der Waals surface area contributed by atoms with Crippen LogP contribution < -0.4 is 9.96 Å². The summed E-state index contributed by atoms with van der Waals surface area (Å²) in [6.45, 7) is 1.98. The van der Waals surface area contributed by atoms with Crippen LogP contribution in [0.4, 0.5) is 0 Å². The second-order valence-electron chi connectivity index (χ2n) is 1.62. The van der Waals surface area contributed by atoms with Gasteiger partial charge >= 0.3 is 7.71 Å². The standard InChI is InChI=1S/C3H7ClN2Si/c1-7(4)5-2-3-6-7/h2-3,5-6H,1H3. The first-order valence-electron chi connectivity index (χ1n) is 2.10. The molecular formula is C3H7ClN2Si. The van der Waals surface area contributed by atoms with Gasteiger partial charge in [0.05, 0.1) is 0 Å². The van der Waals surface area contributed by atoms with Crippen molar-refractivity contribution >= 4 is 18.8 Å². The molecule has 0 aromatic carbocycles. The Morgan fingerprint density at radius 3 is 2.00 bits per heavy atom. The quantitative estimate of drug-likeness (QED) is 0.372. The van der Waals surface area contributed by atoms with Gasteiger partial charge in [0.1, 0.15) is 0 Å². The number of nitrogens with one attached hydrogen (secondary N) is 2. The average Bonchev–Trinajstić information content (AvgIpc) is 1.84. The van der Waals surface area contributed by atoms with Crippen molar-refractivity contribution in [3.8, 4) is 0 Å². The third-order valence-corrected chi connectivity index (χ3v) is 2.86. The van der Waals surface area contributed by atoms with Crippen LogP contribution >= 0.6 is 11.1 Å². The summed E-state index contributed by atoms with van der Waals surface area (Å²) in [6.07, 6.45) is 3.67. The zero-order valence-corrected chi connectivity index (χ0v) is 5.79. The maximum atomic E-state index is 5.82. The molecule has 1 rings (SSSR count). The number of halogens is 1. The molecule has 0 amide bonds. The van der Waals surface area contributed by atoms with Crippen molar-refractivity contribution in [1.82, 2.24) is 9.96 Å². The van der Waals surface area contributed by atoms with Crippen LogP contribution in [0.1, 0.15) is 0 Å². The van der Waals surface area contributed by atoms with Gasteiger partial charge in [-0.2, -0.15) is 0 Å². The van der Waals surface area contributed by atoms with Crippen molar-refractivity contribution in [2.24, 2.45) is 0 Å². The van der Waals surface area contributed by atoms with E-state index in [0.29, 0.717) is 0 Å². The molecule has 0 radical (unpaired) electrons. The third kappa shape index (κ3) is 1.11. The molecule has 0 aliphatic carbocycles. The van der Waals surface area contributed by atoms with Crippen LogP contribution in [0.5, 0.6) is 0 Å². The van der Waals surface area contributed by atoms with E-state index in [9.17, 15) is 0 Å². The Bertz CT molecular complexity index is 91.1. The minimum Gasteiger partial charge on any atom is -0.388 e. The minimum absolute atomic E-state index is 1.68. The molecule has 2 nitrogen and oxygen atoms in total. The maximum Gasteiger partial charge on any atom is 0.356 e. The van der Waals surface area contributed by atoms with Crippen molar-refractivity contribution in [3.63, 3.8) is 0 Å². The highest BCUT2D eigenvalue weighted by atomic mass is 35.6. The first kappa shape index (κ1) is 4.99. The number of rotatable bonds is 0. The summed E-state index contributed by atoms with van der Waals surface area (Å²) in [6, 6.07) is 0. The Labute approximate surface area is 48.4 Å². The highest BCUT2D eigenvalue weighted by molar-refractivity contribution is 7.17. The Morgan fingerprint density at radius 1 is 1.43 bits per heavy atom. The molecule has 7 heavy (non-hydrogen) atoms. The molecule has 0 bridgehead atoms. The van der Waals surface area contributed by atoms with E-state index in [2.05, 4.69) is 9.96 Å². The fourth-order valence-corrected chi connectivity index (χ4v) is 1.69. The summed E-state index contributed by atoms with van der Waals surface area (Å²) in [4.78, 5) is 6.02. The molecule has 0 aromatic heterocycles. The monoisotopic (exact) mass is 134 g/mol. The van der Waals surface area contributed by atoms with Crippen molar-refractivity contribution < 1.29 is 0 Å². The normalized spacial score (nSPS) is 23.7. The molecule has 4 heteroatoms. The fourth-order valence-electron chi connectivity index (χ4n) is 0.438. The van der Waals surface area contributed by atoms with Crippen LogP contribution in [0.25, 0.3) is 0 Å². The lowest BCUT2D eigenvalue weighted by Gasteiger charge is -2.10. The molecule has 0 fully saturated rings. The molecule has 40 valence electrons. The molecule has 0 saturated carbocycles. The minimum atomic E-state index is -1.68. The van der Waals surface area contributed by atoms with Crippen molar-refractivity contribution in [1.29, 1.82) is 0 Å². The van der Waals surface area contributed by atoms with Gasteiger partial charge < -0.3 is 9.96 Å². The predicted octanol–water partition coefficient (Wildman–Crippen LogP) is 0.458. The predicted molar refractivity (Wildman–Crippen MR) is 32.9 cm³/mol. The molecule has 1 heterocycles. The van der Waals surface area contributed by atoms with Gasteiger partial charge in [-0.1, -0.05) is 0 Å². The smallest absolute Gasteiger partial charge is 0.356 e. The molecule has 2 N–H and O–H groups in total. The molecule has 1 aliphatic rings. The number of hydrogen-bond acceptors (Lipinski definition) is 2. The van der Waals surface area contributed by atoms with E-state index in [0.717, 1.165) is 0 Å². The van der Waals surface area contributed by atoms with Gasteiger partial charge in [0.15, 0.2) is 0 Å². The zero-order chi connectivity index (χ0) is 5.33. The summed E-state index contributed by atoms with van der Waals surface area (Å²) >= 11 is 5.82. The van der Waals surface area contributed by atoms with E-state index in [1.54, 1.807) is 0 Å². The van der Waals surface area contributed by atoms with Crippen LogP contribution in [0.15, 0.2) is 12.4 Å². The Balaban J connectivity index is 2.49. The van der Waals surface area contributed by atoms with Gasteiger partial charge in [0.25, 0.3) is 0 Å². The largest absolute Gasteiger partial charge is 0.388 e. The van der Waals surface area contributed by atoms with E-state index >= 15 is 0 Å². The van der Waals surface area contributed by atoms with Crippen LogP contribution in [0.2, 0.25) is 6.55 Å². The van der Waals surface area contributed by atoms with E-state index in [-0.39, 0.29) is 0 Å². The van der Waals surface area contributed by atoms with Gasteiger partial charge in [-0.15, -0.1) is 11.1 Å².